The number of carbonyl (C=O) groups is 1. The molecule has 0 fully saturated rings. The number of carbonyl (C=O) groups excluding carboxylic acids is 1. The fourth-order valence-corrected chi connectivity index (χ4v) is 4.77. The summed E-state index contributed by atoms with van der Waals surface area (Å²) >= 11 is 0. The molecule has 0 aliphatic carbocycles. The molecule has 0 bridgehead atoms. The zero-order chi connectivity index (χ0) is 25.4. The Bertz CT molecular complexity index is 1700. The van der Waals surface area contributed by atoms with Crippen LogP contribution in [-0.2, 0) is 16.0 Å². The quantitative estimate of drug-likeness (QED) is 0.292. The molecule has 5 rings (SSSR count). The van der Waals surface area contributed by atoms with Gasteiger partial charge in [0.05, 0.1) is 48.0 Å². The normalized spacial score (nSPS) is 12.7. The molecular formula is C27H24N6O3. The minimum absolute atomic E-state index is 0.0658. The van der Waals surface area contributed by atoms with Crippen LogP contribution in [0.1, 0.15) is 35.5 Å². The van der Waals surface area contributed by atoms with E-state index in [-0.39, 0.29) is 18.4 Å². The molecule has 36 heavy (non-hydrogen) atoms. The number of imidazole rings is 1. The Morgan fingerprint density at radius 1 is 1.28 bits per heavy atom. The van der Waals surface area contributed by atoms with E-state index < -0.39 is 0 Å². The number of nitrogens with one attached hydrogen (secondary N) is 1. The SMILES string of the molecule is COC(=O)Cc1cc2c(cc1-c1c(C)noc1C)ncc1[nH]/c(=N\C#N)n([C@H](C)c3ccccc3)c12. The summed E-state index contributed by atoms with van der Waals surface area (Å²) in [6, 6.07) is 13.8. The summed E-state index contributed by atoms with van der Waals surface area (Å²) in [6.07, 6.45) is 3.70. The molecule has 2 aromatic carbocycles. The maximum Gasteiger partial charge on any atom is 0.310 e. The summed E-state index contributed by atoms with van der Waals surface area (Å²) in [5, 5.41) is 14.3. The van der Waals surface area contributed by atoms with E-state index in [0.717, 1.165) is 49.9 Å². The van der Waals surface area contributed by atoms with Crippen molar-refractivity contribution >= 4 is 27.9 Å². The Morgan fingerprint density at radius 3 is 2.72 bits per heavy atom. The molecular weight excluding hydrogens is 456 g/mol. The highest BCUT2D eigenvalue weighted by molar-refractivity contribution is 6.04. The van der Waals surface area contributed by atoms with Crippen LogP contribution in [0.5, 0.6) is 0 Å². The molecule has 0 aliphatic rings. The topological polar surface area (TPSA) is 122 Å². The molecule has 0 unspecified atom stereocenters. The predicted molar refractivity (Wildman–Crippen MR) is 134 cm³/mol. The predicted octanol–water partition coefficient (Wildman–Crippen LogP) is 4.50. The molecule has 5 aromatic rings. The third kappa shape index (κ3) is 3.82. The van der Waals surface area contributed by atoms with Crippen LogP contribution in [0.4, 0.5) is 0 Å². The summed E-state index contributed by atoms with van der Waals surface area (Å²) in [4.78, 5) is 24.4. The number of hydrogen-bond donors (Lipinski definition) is 1. The van der Waals surface area contributed by atoms with Crippen LogP contribution < -0.4 is 5.62 Å². The van der Waals surface area contributed by atoms with Crippen molar-refractivity contribution in [2.45, 2.75) is 33.2 Å². The number of nitriles is 1. The molecule has 0 saturated carbocycles. The Kier molecular flexibility index (Phi) is 5.86. The van der Waals surface area contributed by atoms with E-state index in [9.17, 15) is 10.1 Å². The number of fused-ring (bicyclic) bond motifs is 3. The zero-order valence-corrected chi connectivity index (χ0v) is 20.4. The number of aryl methyl sites for hydroxylation is 2. The molecule has 0 spiro atoms. The van der Waals surface area contributed by atoms with Crippen molar-refractivity contribution in [2.24, 2.45) is 4.99 Å². The highest BCUT2D eigenvalue weighted by Crippen LogP contribution is 2.35. The van der Waals surface area contributed by atoms with Gasteiger partial charge in [0.25, 0.3) is 0 Å². The molecule has 3 heterocycles. The van der Waals surface area contributed by atoms with Crippen molar-refractivity contribution in [3.8, 4) is 17.3 Å². The minimum atomic E-state index is -0.359. The standard InChI is InChI=1S/C27H24N6O3/c1-15-25(17(3)36-32-15)20-12-22-21(10-19(20)11-24(34)35-4)26-23(13-29-22)31-27(30-14-28)33(26)16(2)18-8-6-5-7-9-18/h5-10,12-13,16H,11H2,1-4H3,(H,30,31)/t16-/m1/s1. The molecule has 0 saturated heterocycles. The monoisotopic (exact) mass is 480 g/mol. The van der Waals surface area contributed by atoms with E-state index >= 15 is 0 Å². The van der Waals surface area contributed by atoms with Crippen LogP contribution in [-0.4, -0.2) is 32.8 Å². The average molecular weight is 481 g/mol. The second kappa shape index (κ2) is 9.15. The lowest BCUT2D eigenvalue weighted by atomic mass is 9.94. The van der Waals surface area contributed by atoms with Gasteiger partial charge in [0, 0.05) is 10.9 Å². The molecule has 0 aliphatic heterocycles. The largest absolute Gasteiger partial charge is 0.469 e. The first-order valence-corrected chi connectivity index (χ1v) is 11.5. The van der Waals surface area contributed by atoms with Gasteiger partial charge in [-0.3, -0.25) is 9.78 Å². The second-order valence-corrected chi connectivity index (χ2v) is 8.62. The molecule has 9 nitrogen and oxygen atoms in total. The third-order valence-corrected chi connectivity index (χ3v) is 6.47. The van der Waals surface area contributed by atoms with Gasteiger partial charge in [-0.05, 0) is 49.6 Å². The zero-order valence-electron chi connectivity index (χ0n) is 20.4. The third-order valence-electron chi connectivity index (χ3n) is 6.47. The summed E-state index contributed by atoms with van der Waals surface area (Å²) in [5.41, 5.74) is 6.90. The van der Waals surface area contributed by atoms with E-state index in [2.05, 4.69) is 27.0 Å². The van der Waals surface area contributed by atoms with Gasteiger partial charge in [0.1, 0.15) is 5.76 Å². The van der Waals surface area contributed by atoms with Gasteiger partial charge in [0.2, 0.25) is 11.8 Å². The van der Waals surface area contributed by atoms with Crippen LogP contribution in [0.3, 0.4) is 0 Å². The summed E-state index contributed by atoms with van der Waals surface area (Å²) in [7, 11) is 1.37. The molecule has 1 N–H and O–H groups in total. The van der Waals surface area contributed by atoms with E-state index in [0.29, 0.717) is 11.4 Å². The summed E-state index contributed by atoms with van der Waals surface area (Å²) in [5.74, 6) is 0.297. The van der Waals surface area contributed by atoms with Crippen molar-refractivity contribution in [1.29, 1.82) is 5.26 Å². The maximum absolute atomic E-state index is 12.4. The highest BCUT2D eigenvalue weighted by Gasteiger charge is 2.22. The van der Waals surface area contributed by atoms with Crippen LogP contribution in [0, 0.1) is 25.3 Å². The van der Waals surface area contributed by atoms with Crippen LogP contribution in [0.15, 0.2) is 58.2 Å². The number of pyridine rings is 1. The number of H-pyrrole nitrogens is 1. The van der Waals surface area contributed by atoms with Gasteiger partial charge >= 0.3 is 5.97 Å². The Hall–Kier alpha value is -4.71. The minimum Gasteiger partial charge on any atom is -0.469 e. The van der Waals surface area contributed by atoms with Crippen LogP contribution in [0.2, 0.25) is 0 Å². The molecule has 180 valence electrons. The van der Waals surface area contributed by atoms with Gasteiger partial charge in [-0.2, -0.15) is 5.26 Å². The van der Waals surface area contributed by atoms with Gasteiger partial charge in [0.15, 0.2) is 0 Å². The van der Waals surface area contributed by atoms with Crippen molar-refractivity contribution in [3.05, 3.63) is 76.9 Å². The number of aromatic amines is 1. The molecule has 9 heteroatoms. The average Bonchev–Trinajstić information content (AvgIpc) is 3.42. The van der Waals surface area contributed by atoms with E-state index in [1.54, 1.807) is 6.20 Å². The number of rotatable bonds is 5. The van der Waals surface area contributed by atoms with Crippen LogP contribution >= 0.6 is 0 Å². The lowest BCUT2D eigenvalue weighted by molar-refractivity contribution is -0.139. The van der Waals surface area contributed by atoms with Gasteiger partial charge in [-0.25, -0.2) is 0 Å². The molecule has 1 atom stereocenters. The van der Waals surface area contributed by atoms with E-state index in [1.807, 2.05) is 67.1 Å². The van der Waals surface area contributed by atoms with Crippen molar-refractivity contribution in [1.82, 2.24) is 19.7 Å². The fourth-order valence-electron chi connectivity index (χ4n) is 4.77. The fraction of sp³-hybridized carbons (Fsp3) is 0.222. The Labute approximate surface area is 206 Å². The van der Waals surface area contributed by atoms with Crippen LogP contribution in [0.25, 0.3) is 33.1 Å². The lowest BCUT2D eigenvalue weighted by Gasteiger charge is -2.17. The first-order valence-electron chi connectivity index (χ1n) is 11.5. The van der Waals surface area contributed by atoms with E-state index in [1.165, 1.54) is 7.11 Å². The van der Waals surface area contributed by atoms with Crippen molar-refractivity contribution in [2.75, 3.05) is 7.11 Å². The Balaban J connectivity index is 1.87. The first kappa shape index (κ1) is 23.1. The van der Waals surface area contributed by atoms with Gasteiger partial charge in [-0.15, -0.1) is 4.99 Å². The maximum atomic E-state index is 12.4. The number of methoxy groups -OCH3 is 1. The second-order valence-electron chi connectivity index (χ2n) is 8.62. The number of esters is 1. The first-order chi connectivity index (χ1) is 17.4. The number of ether oxygens (including phenoxy) is 1. The molecule has 0 radical (unpaired) electrons. The number of nitrogens with zero attached hydrogens (tertiary/aromatic N) is 5. The number of aromatic nitrogens is 4. The number of benzene rings is 2. The van der Waals surface area contributed by atoms with Crippen molar-refractivity contribution in [3.63, 3.8) is 0 Å². The summed E-state index contributed by atoms with van der Waals surface area (Å²) in [6.45, 7) is 5.76. The van der Waals surface area contributed by atoms with Gasteiger partial charge < -0.3 is 18.8 Å². The van der Waals surface area contributed by atoms with Gasteiger partial charge in [-0.1, -0.05) is 35.5 Å². The molecule has 3 aromatic heterocycles. The van der Waals surface area contributed by atoms with Crippen molar-refractivity contribution < 1.29 is 14.1 Å². The molecule has 0 amide bonds. The lowest BCUT2D eigenvalue weighted by Crippen LogP contribution is -2.22. The summed E-state index contributed by atoms with van der Waals surface area (Å²) < 4.78 is 12.4. The van der Waals surface area contributed by atoms with E-state index in [4.69, 9.17) is 9.26 Å². The smallest absolute Gasteiger partial charge is 0.310 e. The highest BCUT2D eigenvalue weighted by atomic mass is 16.5. The number of hydrogen-bond acceptors (Lipinski definition) is 7. The Morgan fingerprint density at radius 2 is 2.06 bits per heavy atom.